The number of aromatic nitrogens is 2. The number of nitrogens with zero attached hydrogens (tertiary/aromatic N) is 2. The lowest BCUT2D eigenvalue weighted by molar-refractivity contribution is -0.115. The summed E-state index contributed by atoms with van der Waals surface area (Å²) in [5, 5.41) is 5.57. The fraction of sp³-hybridized carbons (Fsp3) is 0.167. The minimum atomic E-state index is -0.0818. The maximum atomic E-state index is 12.0. The number of anilines is 1. The standard InChI is InChI=1S/C18H17N3O2S/c1-13-7-8-16(10-19-13)23-11-18-21-15(12-24-18)9-17(22)20-14-5-3-2-4-6-14/h2-8,10,12H,9,11H2,1H3,(H,20,22). The second-order valence-electron chi connectivity index (χ2n) is 5.25. The van der Waals surface area contributed by atoms with E-state index in [1.165, 1.54) is 11.3 Å². The van der Waals surface area contributed by atoms with Crippen LogP contribution in [0.1, 0.15) is 16.4 Å². The lowest BCUT2D eigenvalue weighted by atomic mass is 10.3. The topological polar surface area (TPSA) is 64.1 Å². The van der Waals surface area contributed by atoms with Gasteiger partial charge in [0.2, 0.25) is 5.91 Å². The van der Waals surface area contributed by atoms with Crippen LogP contribution in [-0.2, 0) is 17.8 Å². The molecular weight excluding hydrogens is 322 g/mol. The molecule has 3 aromatic rings. The van der Waals surface area contributed by atoms with E-state index in [4.69, 9.17) is 4.74 Å². The Morgan fingerprint density at radius 1 is 1.21 bits per heavy atom. The number of aryl methyl sites for hydroxylation is 1. The minimum Gasteiger partial charge on any atom is -0.485 e. The molecule has 6 heteroatoms. The van der Waals surface area contributed by atoms with Crippen LogP contribution in [0.2, 0.25) is 0 Å². The Kier molecular flexibility index (Phi) is 5.18. The zero-order valence-electron chi connectivity index (χ0n) is 13.2. The number of hydrogen-bond acceptors (Lipinski definition) is 5. The average molecular weight is 339 g/mol. The van der Waals surface area contributed by atoms with Crippen LogP contribution in [0.3, 0.4) is 0 Å². The van der Waals surface area contributed by atoms with Crippen molar-refractivity contribution >= 4 is 22.9 Å². The van der Waals surface area contributed by atoms with E-state index in [1.807, 2.05) is 54.8 Å². The fourth-order valence-corrected chi connectivity index (χ4v) is 2.78. The quantitative estimate of drug-likeness (QED) is 0.745. The Labute approximate surface area is 144 Å². The van der Waals surface area contributed by atoms with Crippen LogP contribution in [0.25, 0.3) is 0 Å². The van der Waals surface area contributed by atoms with Crippen molar-refractivity contribution in [2.24, 2.45) is 0 Å². The number of thiazole rings is 1. The molecule has 0 unspecified atom stereocenters. The van der Waals surface area contributed by atoms with E-state index in [9.17, 15) is 4.79 Å². The maximum Gasteiger partial charge on any atom is 0.230 e. The first-order chi connectivity index (χ1) is 11.7. The van der Waals surface area contributed by atoms with E-state index in [0.29, 0.717) is 12.4 Å². The van der Waals surface area contributed by atoms with Crippen molar-refractivity contribution in [2.45, 2.75) is 20.0 Å². The van der Waals surface area contributed by atoms with Gasteiger partial charge in [-0.3, -0.25) is 9.78 Å². The third-order valence-corrected chi connectivity index (χ3v) is 4.12. The number of rotatable bonds is 6. The van der Waals surface area contributed by atoms with Crippen LogP contribution in [0.15, 0.2) is 54.0 Å². The van der Waals surface area contributed by atoms with E-state index < -0.39 is 0 Å². The Bertz CT molecular complexity index is 801. The van der Waals surface area contributed by atoms with Gasteiger partial charge in [-0.25, -0.2) is 4.98 Å². The number of carbonyl (C=O) groups is 1. The molecule has 2 aromatic heterocycles. The molecule has 2 heterocycles. The molecule has 122 valence electrons. The zero-order chi connectivity index (χ0) is 16.8. The van der Waals surface area contributed by atoms with Gasteiger partial charge >= 0.3 is 0 Å². The molecule has 0 fully saturated rings. The zero-order valence-corrected chi connectivity index (χ0v) is 14.0. The summed E-state index contributed by atoms with van der Waals surface area (Å²) in [6, 6.07) is 13.2. The lowest BCUT2D eigenvalue weighted by Crippen LogP contribution is -2.14. The number of carbonyl (C=O) groups excluding carboxylic acids is 1. The minimum absolute atomic E-state index is 0.0818. The van der Waals surface area contributed by atoms with Crippen LogP contribution < -0.4 is 10.1 Å². The van der Waals surface area contributed by atoms with Crippen molar-refractivity contribution in [3.63, 3.8) is 0 Å². The molecule has 0 aliphatic rings. The molecule has 3 rings (SSSR count). The Balaban J connectivity index is 1.51. The van der Waals surface area contributed by atoms with Crippen LogP contribution in [0.4, 0.5) is 5.69 Å². The van der Waals surface area contributed by atoms with Gasteiger partial charge in [0, 0.05) is 16.8 Å². The van der Waals surface area contributed by atoms with Gasteiger partial charge in [0.25, 0.3) is 0 Å². The second kappa shape index (κ2) is 7.70. The maximum absolute atomic E-state index is 12.0. The predicted molar refractivity (Wildman–Crippen MR) is 94.2 cm³/mol. The number of para-hydroxylation sites is 1. The average Bonchev–Trinajstić information content (AvgIpc) is 3.02. The van der Waals surface area contributed by atoms with Crippen molar-refractivity contribution in [1.82, 2.24) is 9.97 Å². The molecule has 0 atom stereocenters. The van der Waals surface area contributed by atoms with E-state index in [2.05, 4.69) is 15.3 Å². The first-order valence-corrected chi connectivity index (χ1v) is 8.40. The van der Waals surface area contributed by atoms with Gasteiger partial charge in [0.1, 0.15) is 17.4 Å². The largest absolute Gasteiger partial charge is 0.485 e. The molecule has 0 bridgehead atoms. The Morgan fingerprint density at radius 3 is 2.79 bits per heavy atom. The van der Waals surface area contributed by atoms with E-state index in [0.717, 1.165) is 22.1 Å². The number of ether oxygens (including phenoxy) is 1. The Hall–Kier alpha value is -2.73. The molecule has 1 N–H and O–H groups in total. The molecule has 0 spiro atoms. The summed E-state index contributed by atoms with van der Waals surface area (Å²) in [5.74, 6) is 0.626. The van der Waals surface area contributed by atoms with Gasteiger partial charge in [-0.2, -0.15) is 0 Å². The fourth-order valence-electron chi connectivity index (χ4n) is 2.07. The lowest BCUT2D eigenvalue weighted by Gasteiger charge is -2.04. The normalized spacial score (nSPS) is 10.4. The van der Waals surface area contributed by atoms with Gasteiger partial charge in [0.05, 0.1) is 18.3 Å². The highest BCUT2D eigenvalue weighted by atomic mass is 32.1. The van der Waals surface area contributed by atoms with Gasteiger partial charge in [0.15, 0.2) is 0 Å². The van der Waals surface area contributed by atoms with Crippen LogP contribution in [0.5, 0.6) is 5.75 Å². The third kappa shape index (κ3) is 4.63. The number of benzene rings is 1. The summed E-state index contributed by atoms with van der Waals surface area (Å²) in [6.45, 7) is 2.30. The van der Waals surface area contributed by atoms with Crippen LogP contribution in [0, 0.1) is 6.92 Å². The monoisotopic (exact) mass is 339 g/mol. The summed E-state index contributed by atoms with van der Waals surface area (Å²) in [7, 11) is 0. The predicted octanol–water partition coefficient (Wildman–Crippen LogP) is 3.61. The van der Waals surface area contributed by atoms with Crippen LogP contribution in [-0.4, -0.2) is 15.9 Å². The van der Waals surface area contributed by atoms with E-state index >= 15 is 0 Å². The third-order valence-electron chi connectivity index (χ3n) is 3.25. The number of pyridine rings is 1. The molecule has 1 aromatic carbocycles. The second-order valence-corrected chi connectivity index (χ2v) is 6.19. The van der Waals surface area contributed by atoms with Gasteiger partial charge < -0.3 is 10.1 Å². The summed E-state index contributed by atoms with van der Waals surface area (Å²) < 4.78 is 5.65. The Morgan fingerprint density at radius 2 is 2.04 bits per heavy atom. The number of hydrogen-bond donors (Lipinski definition) is 1. The molecule has 24 heavy (non-hydrogen) atoms. The number of nitrogens with one attached hydrogen (secondary N) is 1. The highest BCUT2D eigenvalue weighted by Gasteiger charge is 2.08. The van der Waals surface area contributed by atoms with E-state index in [-0.39, 0.29) is 12.3 Å². The molecule has 0 radical (unpaired) electrons. The summed E-state index contributed by atoms with van der Waals surface area (Å²) in [4.78, 5) is 20.6. The highest BCUT2D eigenvalue weighted by Crippen LogP contribution is 2.15. The van der Waals surface area contributed by atoms with Gasteiger partial charge in [-0.05, 0) is 31.2 Å². The van der Waals surface area contributed by atoms with E-state index in [1.54, 1.807) is 6.20 Å². The molecular formula is C18H17N3O2S. The van der Waals surface area contributed by atoms with Crippen LogP contribution >= 0.6 is 11.3 Å². The van der Waals surface area contributed by atoms with Crippen molar-refractivity contribution in [1.29, 1.82) is 0 Å². The van der Waals surface area contributed by atoms with Crippen molar-refractivity contribution in [2.75, 3.05) is 5.32 Å². The SMILES string of the molecule is Cc1ccc(OCc2nc(CC(=O)Nc3ccccc3)cs2)cn1. The van der Waals surface area contributed by atoms with Crippen molar-refractivity contribution in [3.8, 4) is 5.75 Å². The first-order valence-electron chi connectivity index (χ1n) is 7.53. The summed E-state index contributed by atoms with van der Waals surface area (Å²) in [5.41, 5.74) is 2.48. The smallest absolute Gasteiger partial charge is 0.230 e. The van der Waals surface area contributed by atoms with Gasteiger partial charge in [-0.1, -0.05) is 18.2 Å². The highest BCUT2D eigenvalue weighted by molar-refractivity contribution is 7.09. The molecule has 1 amide bonds. The molecule has 5 nitrogen and oxygen atoms in total. The number of amides is 1. The molecule has 0 saturated heterocycles. The molecule has 0 saturated carbocycles. The summed E-state index contributed by atoms with van der Waals surface area (Å²) in [6.07, 6.45) is 1.94. The first kappa shape index (κ1) is 16.1. The van der Waals surface area contributed by atoms with Crippen molar-refractivity contribution in [3.05, 3.63) is 70.4 Å². The molecule has 0 aliphatic heterocycles. The summed E-state index contributed by atoms with van der Waals surface area (Å²) >= 11 is 1.48. The van der Waals surface area contributed by atoms with Crippen molar-refractivity contribution < 1.29 is 9.53 Å². The van der Waals surface area contributed by atoms with Gasteiger partial charge in [-0.15, -0.1) is 11.3 Å². The molecule has 0 aliphatic carbocycles.